The van der Waals surface area contributed by atoms with E-state index in [1.165, 1.54) is 41.7 Å². The fraction of sp³-hybridized carbons (Fsp3) is 0. The molecular weight excluding hydrogens is 308 g/mol. The molecule has 1 heterocycles. The van der Waals surface area contributed by atoms with Crippen LogP contribution in [-0.4, -0.2) is 0 Å². The van der Waals surface area contributed by atoms with E-state index in [9.17, 15) is 0 Å². The minimum absolute atomic E-state index is 0.790. The van der Waals surface area contributed by atoms with Crippen LogP contribution in [0.15, 0.2) is 66.7 Å². The first-order chi connectivity index (χ1) is 10.8. The number of fused-ring (bicyclic) bond motifs is 7. The second-order valence-electron chi connectivity index (χ2n) is 5.57. The van der Waals surface area contributed by atoms with E-state index in [0.29, 0.717) is 0 Å². The van der Waals surface area contributed by atoms with Crippen molar-refractivity contribution in [2.24, 2.45) is 0 Å². The molecule has 5 rings (SSSR count). The van der Waals surface area contributed by atoms with E-state index in [0.717, 1.165) is 5.02 Å². The summed E-state index contributed by atoms with van der Waals surface area (Å²) in [5, 5.41) is 8.53. The lowest BCUT2D eigenvalue weighted by atomic mass is 10.00. The van der Waals surface area contributed by atoms with Crippen molar-refractivity contribution in [3.8, 4) is 0 Å². The zero-order valence-electron chi connectivity index (χ0n) is 11.6. The van der Waals surface area contributed by atoms with Gasteiger partial charge in [0.15, 0.2) is 0 Å². The Hall–Kier alpha value is -2.09. The molecule has 0 fully saturated rings. The first-order valence-electron chi connectivity index (χ1n) is 7.23. The normalized spacial score (nSPS) is 11.9. The molecule has 2 heteroatoms. The highest BCUT2D eigenvalue weighted by atomic mass is 35.5. The lowest BCUT2D eigenvalue weighted by molar-refractivity contribution is 1.80. The van der Waals surface area contributed by atoms with Gasteiger partial charge in [-0.3, -0.25) is 0 Å². The SMILES string of the molecule is Clc1ccc2ccc3ccc4c5ccccc5sc4c3c2c1. The van der Waals surface area contributed by atoms with Crippen molar-refractivity contribution in [3.05, 3.63) is 71.8 Å². The molecule has 0 aliphatic rings. The van der Waals surface area contributed by atoms with E-state index in [1.807, 2.05) is 17.4 Å². The van der Waals surface area contributed by atoms with Crippen LogP contribution in [0.5, 0.6) is 0 Å². The van der Waals surface area contributed by atoms with Gasteiger partial charge in [-0.25, -0.2) is 0 Å². The third-order valence-electron chi connectivity index (χ3n) is 4.31. The summed E-state index contributed by atoms with van der Waals surface area (Å²) in [7, 11) is 0. The summed E-state index contributed by atoms with van der Waals surface area (Å²) in [5.41, 5.74) is 0. The van der Waals surface area contributed by atoms with E-state index in [4.69, 9.17) is 11.6 Å². The maximum Gasteiger partial charge on any atom is 0.0440 e. The summed E-state index contributed by atoms with van der Waals surface area (Å²) in [6.45, 7) is 0. The molecule has 4 aromatic carbocycles. The summed E-state index contributed by atoms with van der Waals surface area (Å²) < 4.78 is 2.69. The Balaban J connectivity index is 2.12. The number of thiophene rings is 1. The third-order valence-corrected chi connectivity index (χ3v) is 5.75. The van der Waals surface area contributed by atoms with Crippen molar-refractivity contribution in [3.63, 3.8) is 0 Å². The molecule has 0 atom stereocenters. The van der Waals surface area contributed by atoms with Crippen LogP contribution in [0, 0.1) is 0 Å². The van der Waals surface area contributed by atoms with Gasteiger partial charge in [-0.15, -0.1) is 11.3 Å². The van der Waals surface area contributed by atoms with Gasteiger partial charge in [0.2, 0.25) is 0 Å². The van der Waals surface area contributed by atoms with Gasteiger partial charge in [-0.1, -0.05) is 60.1 Å². The zero-order chi connectivity index (χ0) is 14.7. The molecular formula is C20H11ClS. The number of benzene rings is 4. The van der Waals surface area contributed by atoms with Crippen LogP contribution < -0.4 is 0 Å². The van der Waals surface area contributed by atoms with Crippen LogP contribution >= 0.6 is 22.9 Å². The molecule has 22 heavy (non-hydrogen) atoms. The van der Waals surface area contributed by atoms with Crippen molar-refractivity contribution in [2.75, 3.05) is 0 Å². The number of hydrogen-bond acceptors (Lipinski definition) is 1. The van der Waals surface area contributed by atoms with Crippen molar-refractivity contribution >= 4 is 64.7 Å². The van der Waals surface area contributed by atoms with Gasteiger partial charge in [0.25, 0.3) is 0 Å². The van der Waals surface area contributed by atoms with Crippen molar-refractivity contribution in [1.29, 1.82) is 0 Å². The number of rotatable bonds is 0. The van der Waals surface area contributed by atoms with Crippen molar-refractivity contribution in [2.45, 2.75) is 0 Å². The lowest BCUT2D eigenvalue weighted by Crippen LogP contribution is -1.78. The van der Waals surface area contributed by atoms with Gasteiger partial charge in [0, 0.05) is 30.6 Å². The first-order valence-corrected chi connectivity index (χ1v) is 8.43. The Kier molecular flexibility index (Phi) is 2.52. The highest BCUT2D eigenvalue weighted by Crippen LogP contribution is 2.41. The molecule has 0 N–H and O–H groups in total. The smallest absolute Gasteiger partial charge is 0.0440 e. The van der Waals surface area contributed by atoms with Gasteiger partial charge < -0.3 is 0 Å². The summed E-state index contributed by atoms with van der Waals surface area (Å²) in [6, 6.07) is 23.6. The zero-order valence-corrected chi connectivity index (χ0v) is 13.2. The molecule has 0 radical (unpaired) electrons. The molecule has 0 aliphatic heterocycles. The molecule has 0 amide bonds. The van der Waals surface area contributed by atoms with Crippen LogP contribution in [0.4, 0.5) is 0 Å². The number of hydrogen-bond donors (Lipinski definition) is 0. The summed E-state index contributed by atoms with van der Waals surface area (Å²) in [5.74, 6) is 0. The fourth-order valence-electron chi connectivity index (χ4n) is 3.29. The molecule has 0 aliphatic carbocycles. The second-order valence-corrected chi connectivity index (χ2v) is 7.06. The summed E-state index contributed by atoms with van der Waals surface area (Å²) in [6.07, 6.45) is 0. The van der Waals surface area contributed by atoms with Gasteiger partial charge in [0.05, 0.1) is 0 Å². The Morgan fingerprint density at radius 2 is 1.45 bits per heavy atom. The molecule has 104 valence electrons. The highest BCUT2D eigenvalue weighted by Gasteiger charge is 2.10. The Labute approximate surface area is 136 Å². The van der Waals surface area contributed by atoms with E-state index in [2.05, 4.69) is 60.7 Å². The van der Waals surface area contributed by atoms with Crippen LogP contribution in [0.25, 0.3) is 41.7 Å². The van der Waals surface area contributed by atoms with Gasteiger partial charge in [0.1, 0.15) is 0 Å². The summed E-state index contributed by atoms with van der Waals surface area (Å²) in [4.78, 5) is 0. The Bertz CT molecular complexity index is 1180. The van der Waals surface area contributed by atoms with Crippen molar-refractivity contribution < 1.29 is 0 Å². The largest absolute Gasteiger partial charge is 0.135 e. The monoisotopic (exact) mass is 318 g/mol. The maximum absolute atomic E-state index is 6.25. The number of halogens is 1. The average molecular weight is 319 g/mol. The molecule has 0 bridgehead atoms. The van der Waals surface area contributed by atoms with Crippen LogP contribution in [0.2, 0.25) is 5.02 Å². The van der Waals surface area contributed by atoms with Crippen molar-refractivity contribution in [1.82, 2.24) is 0 Å². The summed E-state index contributed by atoms with van der Waals surface area (Å²) >= 11 is 8.12. The minimum Gasteiger partial charge on any atom is -0.135 e. The maximum atomic E-state index is 6.25. The standard InChI is InChI=1S/C20H11ClS/c21-14-9-7-12-5-6-13-8-10-16-15-3-1-2-4-18(15)22-20(16)19(13)17(12)11-14/h1-11H. The van der Waals surface area contributed by atoms with E-state index >= 15 is 0 Å². The fourth-order valence-corrected chi connectivity index (χ4v) is 4.74. The van der Waals surface area contributed by atoms with Gasteiger partial charge >= 0.3 is 0 Å². The molecule has 0 nitrogen and oxygen atoms in total. The Morgan fingerprint density at radius 1 is 0.682 bits per heavy atom. The molecule has 0 spiro atoms. The van der Waals surface area contributed by atoms with E-state index in [-0.39, 0.29) is 0 Å². The molecule has 0 unspecified atom stereocenters. The van der Waals surface area contributed by atoms with Gasteiger partial charge in [-0.2, -0.15) is 0 Å². The first kappa shape index (κ1) is 12.5. The Morgan fingerprint density at radius 3 is 2.41 bits per heavy atom. The quantitative estimate of drug-likeness (QED) is 0.269. The average Bonchev–Trinajstić information content (AvgIpc) is 2.93. The topological polar surface area (TPSA) is 0 Å². The minimum atomic E-state index is 0.790. The molecule has 5 aromatic rings. The molecule has 0 saturated heterocycles. The predicted molar refractivity (Wildman–Crippen MR) is 99.4 cm³/mol. The van der Waals surface area contributed by atoms with E-state index in [1.54, 1.807) is 0 Å². The second kappa shape index (κ2) is 4.45. The van der Waals surface area contributed by atoms with Gasteiger partial charge in [-0.05, 0) is 34.4 Å². The predicted octanol–water partition coefficient (Wildman–Crippen LogP) is 7.01. The van der Waals surface area contributed by atoms with Crippen LogP contribution in [0.1, 0.15) is 0 Å². The highest BCUT2D eigenvalue weighted by molar-refractivity contribution is 7.26. The van der Waals surface area contributed by atoms with E-state index < -0.39 is 0 Å². The van der Waals surface area contributed by atoms with Crippen LogP contribution in [-0.2, 0) is 0 Å². The molecule has 1 aromatic heterocycles. The van der Waals surface area contributed by atoms with Crippen LogP contribution in [0.3, 0.4) is 0 Å². The molecule has 0 saturated carbocycles. The lowest BCUT2D eigenvalue weighted by Gasteiger charge is -2.06. The third kappa shape index (κ3) is 1.64.